The predicted octanol–water partition coefficient (Wildman–Crippen LogP) is 1.63. The molecule has 2 rings (SSSR count). The highest BCUT2D eigenvalue weighted by Crippen LogP contribution is 2.47. The minimum atomic E-state index is -0.413. The largest absolute Gasteiger partial charge is 0.354 e. The van der Waals surface area contributed by atoms with Crippen molar-refractivity contribution in [2.24, 2.45) is 11.3 Å². The summed E-state index contributed by atoms with van der Waals surface area (Å²) in [5.41, 5.74) is -0.643. The Morgan fingerprint density at radius 2 is 1.93 bits per heavy atom. The lowest BCUT2D eigenvalue weighted by atomic mass is 9.80. The number of rotatable bonds is 0. The van der Waals surface area contributed by atoms with E-state index >= 15 is 0 Å². The molecule has 80 valence electrons. The first-order valence-corrected chi connectivity index (χ1v) is 5.26. The Morgan fingerprint density at radius 3 is 2.43 bits per heavy atom. The molecule has 2 heterocycles. The van der Waals surface area contributed by atoms with Gasteiger partial charge in [0.05, 0.1) is 12.6 Å². The fourth-order valence-electron chi connectivity index (χ4n) is 2.58. The normalized spacial score (nSPS) is 38.9. The summed E-state index contributed by atoms with van der Waals surface area (Å²) in [7, 11) is 0. The molecule has 0 aromatic rings. The van der Waals surface area contributed by atoms with Crippen LogP contribution in [0.25, 0.3) is 0 Å². The van der Waals surface area contributed by atoms with Crippen molar-refractivity contribution in [2.75, 3.05) is 6.61 Å². The van der Waals surface area contributed by atoms with E-state index in [9.17, 15) is 4.79 Å². The van der Waals surface area contributed by atoms with E-state index in [2.05, 4.69) is 6.92 Å². The van der Waals surface area contributed by atoms with E-state index in [1.54, 1.807) is 0 Å². The van der Waals surface area contributed by atoms with Gasteiger partial charge in [-0.25, -0.2) is 0 Å². The fourth-order valence-corrected chi connectivity index (χ4v) is 2.58. The quantitative estimate of drug-likeness (QED) is 0.590. The van der Waals surface area contributed by atoms with Crippen LogP contribution in [0, 0.1) is 11.3 Å². The van der Waals surface area contributed by atoms with Gasteiger partial charge in [0, 0.05) is 5.41 Å². The molecule has 1 amide bonds. The number of fused-ring (bicyclic) bond motifs is 1. The van der Waals surface area contributed by atoms with Gasteiger partial charge in [0.15, 0.2) is 0 Å². The van der Waals surface area contributed by atoms with Crippen LogP contribution in [0.5, 0.6) is 0 Å². The van der Waals surface area contributed by atoms with Crippen LogP contribution in [0.15, 0.2) is 0 Å². The predicted molar refractivity (Wildman–Crippen MR) is 53.6 cm³/mol. The molecule has 0 radical (unpaired) electrons. The summed E-state index contributed by atoms with van der Waals surface area (Å²) in [5.74, 6) is 0.606. The zero-order valence-corrected chi connectivity index (χ0v) is 9.63. The van der Waals surface area contributed by atoms with Crippen LogP contribution in [0.3, 0.4) is 0 Å². The first kappa shape index (κ1) is 9.97. The Morgan fingerprint density at radius 1 is 1.36 bits per heavy atom. The highest BCUT2D eigenvalue weighted by atomic mass is 16.5. The molecule has 0 aromatic carbocycles. The Hall–Kier alpha value is -0.570. The molecule has 3 nitrogen and oxygen atoms in total. The molecular formula is C11H19NO2. The smallest absolute Gasteiger partial charge is 0.231 e. The minimum absolute atomic E-state index is 0.230. The monoisotopic (exact) mass is 197 g/mol. The molecule has 1 unspecified atom stereocenters. The molecule has 2 fully saturated rings. The second kappa shape index (κ2) is 2.51. The molecular weight excluding hydrogens is 178 g/mol. The molecule has 14 heavy (non-hydrogen) atoms. The Bertz CT molecular complexity index is 283. The molecule has 2 aliphatic heterocycles. The number of carbonyl (C=O) groups is 1. The number of hydrogen-bond donors (Lipinski definition) is 0. The average molecular weight is 197 g/mol. The van der Waals surface area contributed by atoms with Gasteiger partial charge >= 0.3 is 0 Å². The Labute approximate surface area is 85.4 Å². The van der Waals surface area contributed by atoms with E-state index in [1.807, 2.05) is 32.6 Å². The highest BCUT2D eigenvalue weighted by Gasteiger charge is 2.59. The summed E-state index contributed by atoms with van der Waals surface area (Å²) in [6, 6.07) is 0.271. The number of hydrogen-bond acceptors (Lipinski definition) is 2. The van der Waals surface area contributed by atoms with Gasteiger partial charge < -0.3 is 9.64 Å². The highest BCUT2D eigenvalue weighted by molar-refractivity contribution is 5.86. The van der Waals surface area contributed by atoms with Gasteiger partial charge in [-0.05, 0) is 19.8 Å². The zero-order valence-electron chi connectivity index (χ0n) is 9.63. The maximum Gasteiger partial charge on any atom is 0.231 e. The zero-order chi connectivity index (χ0) is 10.7. The molecule has 2 aliphatic rings. The number of ether oxygens (including phenoxy) is 1. The molecule has 0 bridgehead atoms. The van der Waals surface area contributed by atoms with E-state index in [1.165, 1.54) is 0 Å². The fraction of sp³-hybridized carbons (Fsp3) is 0.909. The molecule has 2 atom stereocenters. The van der Waals surface area contributed by atoms with Crippen LogP contribution in [0.4, 0.5) is 0 Å². The first-order valence-electron chi connectivity index (χ1n) is 5.26. The van der Waals surface area contributed by atoms with Crippen molar-refractivity contribution >= 4 is 5.91 Å². The molecule has 0 aromatic heterocycles. The summed E-state index contributed by atoms with van der Waals surface area (Å²) in [4.78, 5) is 14.1. The molecule has 3 heteroatoms. The second-order valence-electron chi connectivity index (χ2n) is 5.51. The van der Waals surface area contributed by atoms with E-state index < -0.39 is 5.72 Å². The lowest BCUT2D eigenvalue weighted by Gasteiger charge is -2.30. The maximum atomic E-state index is 12.2. The second-order valence-corrected chi connectivity index (χ2v) is 5.51. The van der Waals surface area contributed by atoms with Gasteiger partial charge in [-0.2, -0.15) is 0 Å². The SMILES string of the molecule is C[C@H]1C2COC(C)(C)N2C(=O)C1(C)C. The van der Waals surface area contributed by atoms with Crippen LogP contribution >= 0.6 is 0 Å². The third-order valence-electron chi connectivity index (χ3n) is 4.00. The molecule has 0 spiro atoms. The van der Waals surface area contributed by atoms with E-state index in [-0.39, 0.29) is 17.4 Å². The summed E-state index contributed by atoms with van der Waals surface area (Å²) in [6.07, 6.45) is 0. The van der Waals surface area contributed by atoms with Crippen molar-refractivity contribution in [3.8, 4) is 0 Å². The first-order chi connectivity index (χ1) is 6.28. The van der Waals surface area contributed by atoms with Gasteiger partial charge in [-0.1, -0.05) is 20.8 Å². The van der Waals surface area contributed by atoms with Crippen LogP contribution in [0.2, 0.25) is 0 Å². The van der Waals surface area contributed by atoms with Gasteiger partial charge in [0.1, 0.15) is 5.72 Å². The summed E-state index contributed by atoms with van der Waals surface area (Å²) >= 11 is 0. The number of amides is 1. The molecule has 0 N–H and O–H groups in total. The van der Waals surface area contributed by atoms with Crippen molar-refractivity contribution in [3.63, 3.8) is 0 Å². The summed E-state index contributed by atoms with van der Waals surface area (Å²) in [5, 5.41) is 0. The van der Waals surface area contributed by atoms with Crippen molar-refractivity contribution in [2.45, 2.75) is 46.4 Å². The van der Waals surface area contributed by atoms with Gasteiger partial charge in [-0.3, -0.25) is 4.79 Å². The number of carbonyl (C=O) groups excluding carboxylic acids is 1. The van der Waals surface area contributed by atoms with E-state index in [0.717, 1.165) is 0 Å². The lowest BCUT2D eigenvalue weighted by molar-refractivity contribution is -0.148. The van der Waals surface area contributed by atoms with Crippen LogP contribution in [-0.2, 0) is 9.53 Å². The molecule has 0 aliphatic carbocycles. The third kappa shape index (κ3) is 0.991. The van der Waals surface area contributed by atoms with Gasteiger partial charge in [0.25, 0.3) is 0 Å². The number of nitrogens with zero attached hydrogens (tertiary/aromatic N) is 1. The third-order valence-corrected chi connectivity index (χ3v) is 4.00. The van der Waals surface area contributed by atoms with Crippen molar-refractivity contribution in [1.29, 1.82) is 0 Å². The Kier molecular flexibility index (Phi) is 1.79. The van der Waals surface area contributed by atoms with Crippen LogP contribution in [-0.4, -0.2) is 29.2 Å². The van der Waals surface area contributed by atoms with Gasteiger partial charge in [-0.15, -0.1) is 0 Å². The Balaban J connectivity index is 2.40. The van der Waals surface area contributed by atoms with Crippen molar-refractivity contribution < 1.29 is 9.53 Å². The standard InChI is InChI=1S/C11H19NO2/c1-7-8-6-14-11(4,5)12(8)9(13)10(7,2)3/h7-8H,6H2,1-5H3/t7-,8?/m0/s1. The molecule has 2 saturated heterocycles. The molecule has 0 saturated carbocycles. The summed E-state index contributed by atoms with van der Waals surface area (Å²) < 4.78 is 5.65. The van der Waals surface area contributed by atoms with Crippen molar-refractivity contribution in [1.82, 2.24) is 4.90 Å². The summed E-state index contributed by atoms with van der Waals surface area (Å²) in [6.45, 7) is 10.8. The lowest BCUT2D eigenvalue weighted by Crippen LogP contribution is -2.45. The van der Waals surface area contributed by atoms with Crippen LogP contribution in [0.1, 0.15) is 34.6 Å². The van der Waals surface area contributed by atoms with Crippen molar-refractivity contribution in [3.05, 3.63) is 0 Å². The van der Waals surface area contributed by atoms with E-state index in [0.29, 0.717) is 12.5 Å². The van der Waals surface area contributed by atoms with Crippen LogP contribution < -0.4 is 0 Å². The maximum absolute atomic E-state index is 12.2. The topological polar surface area (TPSA) is 29.5 Å². The van der Waals surface area contributed by atoms with Gasteiger partial charge in [0.2, 0.25) is 5.91 Å². The minimum Gasteiger partial charge on any atom is -0.354 e. The van der Waals surface area contributed by atoms with E-state index in [4.69, 9.17) is 4.74 Å². The average Bonchev–Trinajstić information content (AvgIpc) is 2.45.